The number of amides is 1. The van der Waals surface area contributed by atoms with Crippen LogP contribution in [0.25, 0.3) is 0 Å². The van der Waals surface area contributed by atoms with Crippen LogP contribution in [0.4, 0.5) is 0 Å². The number of hydrogen-bond acceptors (Lipinski definition) is 3. The van der Waals surface area contributed by atoms with Crippen molar-refractivity contribution in [3.8, 4) is 0 Å². The van der Waals surface area contributed by atoms with Crippen molar-refractivity contribution in [2.75, 3.05) is 32.7 Å². The molecule has 2 aromatic rings. The molecule has 126 valence electrons. The molecule has 1 aromatic carbocycles. The Bertz CT molecular complexity index is 669. The van der Waals surface area contributed by atoms with E-state index >= 15 is 0 Å². The van der Waals surface area contributed by atoms with Crippen LogP contribution < -0.4 is 0 Å². The molecule has 2 heterocycles. The Morgan fingerprint density at radius 2 is 1.96 bits per heavy atom. The van der Waals surface area contributed by atoms with Crippen LogP contribution in [0.3, 0.4) is 0 Å². The van der Waals surface area contributed by atoms with Gasteiger partial charge in [0.15, 0.2) is 0 Å². The van der Waals surface area contributed by atoms with Crippen LogP contribution in [0.5, 0.6) is 0 Å². The number of carbonyl (C=O) groups is 1. The monoisotopic (exact) mass is 343 g/mol. The van der Waals surface area contributed by atoms with Gasteiger partial charge in [-0.1, -0.05) is 23.7 Å². The maximum Gasteiger partial charge on any atom is 0.255 e. The fourth-order valence-electron chi connectivity index (χ4n) is 3.05. The average molecular weight is 344 g/mol. The van der Waals surface area contributed by atoms with Crippen LogP contribution in [0, 0.1) is 0 Å². The van der Waals surface area contributed by atoms with Gasteiger partial charge in [0.25, 0.3) is 5.91 Å². The Hall–Kier alpha value is -1.91. The van der Waals surface area contributed by atoms with E-state index < -0.39 is 0 Å². The molecule has 0 aliphatic carbocycles. The number of hydrogen-bond donors (Lipinski definition) is 0. The van der Waals surface area contributed by atoms with E-state index in [-0.39, 0.29) is 5.91 Å². The van der Waals surface area contributed by atoms with Crippen LogP contribution >= 0.6 is 11.6 Å². The van der Waals surface area contributed by atoms with Gasteiger partial charge in [-0.3, -0.25) is 14.7 Å². The molecular formula is C19H22ClN3O. The predicted molar refractivity (Wildman–Crippen MR) is 96.4 cm³/mol. The summed E-state index contributed by atoms with van der Waals surface area (Å²) in [5.74, 6) is 0.0849. The Morgan fingerprint density at radius 3 is 2.67 bits per heavy atom. The Balaban J connectivity index is 1.41. The first kappa shape index (κ1) is 16.9. The fourth-order valence-corrected chi connectivity index (χ4v) is 3.26. The maximum atomic E-state index is 12.4. The number of benzene rings is 1. The Labute approximate surface area is 148 Å². The van der Waals surface area contributed by atoms with E-state index in [4.69, 9.17) is 11.6 Å². The van der Waals surface area contributed by atoms with E-state index in [1.165, 1.54) is 5.56 Å². The summed E-state index contributed by atoms with van der Waals surface area (Å²) in [6.07, 6.45) is 5.47. The highest BCUT2D eigenvalue weighted by Gasteiger charge is 2.21. The van der Waals surface area contributed by atoms with Crippen molar-refractivity contribution in [1.29, 1.82) is 0 Å². The smallest absolute Gasteiger partial charge is 0.255 e. The van der Waals surface area contributed by atoms with Gasteiger partial charge < -0.3 is 4.90 Å². The predicted octanol–water partition coefficient (Wildman–Crippen LogP) is 3.13. The Kier molecular flexibility index (Phi) is 5.83. The number of aromatic nitrogens is 1. The van der Waals surface area contributed by atoms with Crippen LogP contribution in [-0.4, -0.2) is 53.4 Å². The maximum absolute atomic E-state index is 12.4. The van der Waals surface area contributed by atoms with Gasteiger partial charge in [-0.2, -0.15) is 0 Å². The molecule has 1 aliphatic heterocycles. The van der Waals surface area contributed by atoms with Crippen LogP contribution in [0.1, 0.15) is 22.3 Å². The lowest BCUT2D eigenvalue weighted by Gasteiger charge is -2.34. The number of aryl methyl sites for hydroxylation is 1. The highest BCUT2D eigenvalue weighted by Crippen LogP contribution is 2.13. The van der Waals surface area contributed by atoms with Crippen molar-refractivity contribution >= 4 is 17.5 Å². The van der Waals surface area contributed by atoms with Crippen molar-refractivity contribution in [1.82, 2.24) is 14.8 Å². The minimum absolute atomic E-state index is 0.0849. The second kappa shape index (κ2) is 8.27. The lowest BCUT2D eigenvalue weighted by molar-refractivity contribution is 0.0635. The van der Waals surface area contributed by atoms with Gasteiger partial charge >= 0.3 is 0 Å². The molecule has 0 spiro atoms. The molecule has 1 aliphatic rings. The molecular weight excluding hydrogens is 322 g/mol. The molecule has 1 aromatic heterocycles. The van der Waals surface area contributed by atoms with Crippen molar-refractivity contribution < 1.29 is 4.79 Å². The van der Waals surface area contributed by atoms with Gasteiger partial charge in [0, 0.05) is 43.6 Å². The average Bonchev–Trinajstić information content (AvgIpc) is 2.63. The third kappa shape index (κ3) is 4.56. The summed E-state index contributed by atoms with van der Waals surface area (Å²) in [5.41, 5.74) is 1.96. The molecule has 1 saturated heterocycles. The summed E-state index contributed by atoms with van der Waals surface area (Å²) < 4.78 is 0. The van der Waals surface area contributed by atoms with Gasteiger partial charge in [0.1, 0.15) is 0 Å². The summed E-state index contributed by atoms with van der Waals surface area (Å²) in [6.45, 7) is 4.49. The molecule has 0 bridgehead atoms. The number of piperazine rings is 1. The first-order valence-electron chi connectivity index (χ1n) is 8.38. The zero-order valence-electron chi connectivity index (χ0n) is 13.7. The van der Waals surface area contributed by atoms with Crippen molar-refractivity contribution in [2.45, 2.75) is 12.8 Å². The highest BCUT2D eigenvalue weighted by atomic mass is 35.5. The number of rotatable bonds is 5. The lowest BCUT2D eigenvalue weighted by atomic mass is 10.1. The summed E-state index contributed by atoms with van der Waals surface area (Å²) in [6, 6.07) is 11.7. The highest BCUT2D eigenvalue weighted by molar-refractivity contribution is 6.30. The number of pyridine rings is 1. The third-order valence-corrected chi connectivity index (χ3v) is 4.63. The second-order valence-corrected chi connectivity index (χ2v) is 6.55. The zero-order valence-corrected chi connectivity index (χ0v) is 14.5. The summed E-state index contributed by atoms with van der Waals surface area (Å²) in [5, 5.41) is 0.801. The minimum atomic E-state index is 0.0849. The van der Waals surface area contributed by atoms with Crippen LogP contribution in [0.15, 0.2) is 48.8 Å². The molecule has 4 nitrogen and oxygen atoms in total. The second-order valence-electron chi connectivity index (χ2n) is 6.11. The van der Waals surface area contributed by atoms with Crippen molar-refractivity contribution in [2.24, 2.45) is 0 Å². The number of halogens is 1. The van der Waals surface area contributed by atoms with Gasteiger partial charge in [0.05, 0.1) is 5.56 Å². The fraction of sp³-hybridized carbons (Fsp3) is 0.368. The normalized spacial score (nSPS) is 15.5. The van der Waals surface area contributed by atoms with E-state index in [0.29, 0.717) is 5.56 Å². The van der Waals surface area contributed by atoms with E-state index in [0.717, 1.165) is 50.6 Å². The molecule has 0 unspecified atom stereocenters. The third-order valence-electron chi connectivity index (χ3n) is 4.40. The molecule has 1 amide bonds. The van der Waals surface area contributed by atoms with Crippen LogP contribution in [0.2, 0.25) is 5.02 Å². The van der Waals surface area contributed by atoms with Gasteiger partial charge in [-0.15, -0.1) is 0 Å². The van der Waals surface area contributed by atoms with Gasteiger partial charge in [0.2, 0.25) is 0 Å². The quantitative estimate of drug-likeness (QED) is 0.837. The first-order chi connectivity index (χ1) is 11.7. The standard InChI is InChI=1S/C19H22ClN3O/c20-18-7-1-4-16(14-18)5-3-9-22-10-12-23(13-11-22)19(24)17-6-2-8-21-15-17/h1-2,4,6-8,14-15H,3,5,9-13H2. The molecule has 0 N–H and O–H groups in total. The van der Waals surface area contributed by atoms with E-state index in [2.05, 4.69) is 16.0 Å². The first-order valence-corrected chi connectivity index (χ1v) is 8.76. The van der Waals surface area contributed by atoms with Crippen LogP contribution in [-0.2, 0) is 6.42 Å². The minimum Gasteiger partial charge on any atom is -0.336 e. The summed E-state index contributed by atoms with van der Waals surface area (Å²) >= 11 is 6.02. The summed E-state index contributed by atoms with van der Waals surface area (Å²) in [4.78, 5) is 20.8. The molecule has 0 radical (unpaired) electrons. The van der Waals surface area contributed by atoms with Crippen molar-refractivity contribution in [3.63, 3.8) is 0 Å². The van der Waals surface area contributed by atoms with Crippen molar-refractivity contribution in [3.05, 3.63) is 64.9 Å². The van der Waals surface area contributed by atoms with Gasteiger partial charge in [-0.25, -0.2) is 0 Å². The molecule has 24 heavy (non-hydrogen) atoms. The SMILES string of the molecule is O=C(c1cccnc1)N1CCN(CCCc2cccc(Cl)c2)CC1. The summed E-state index contributed by atoms with van der Waals surface area (Å²) in [7, 11) is 0. The molecule has 0 saturated carbocycles. The Morgan fingerprint density at radius 1 is 1.12 bits per heavy atom. The lowest BCUT2D eigenvalue weighted by Crippen LogP contribution is -2.48. The molecule has 1 fully saturated rings. The largest absolute Gasteiger partial charge is 0.336 e. The molecule has 5 heteroatoms. The van der Waals surface area contributed by atoms with E-state index in [1.54, 1.807) is 18.5 Å². The molecule has 0 atom stereocenters. The topological polar surface area (TPSA) is 36.4 Å². The van der Waals surface area contributed by atoms with E-state index in [9.17, 15) is 4.79 Å². The van der Waals surface area contributed by atoms with Gasteiger partial charge in [-0.05, 0) is 49.2 Å². The number of nitrogens with zero attached hydrogens (tertiary/aromatic N) is 3. The zero-order chi connectivity index (χ0) is 16.8. The number of carbonyl (C=O) groups excluding carboxylic acids is 1. The van der Waals surface area contributed by atoms with E-state index in [1.807, 2.05) is 29.2 Å². The molecule has 3 rings (SSSR count).